The van der Waals surface area contributed by atoms with Crippen molar-refractivity contribution in [3.8, 4) is 5.75 Å². The van der Waals surface area contributed by atoms with Crippen LogP contribution in [-0.4, -0.2) is 50.2 Å². The molecule has 1 saturated heterocycles. The summed E-state index contributed by atoms with van der Waals surface area (Å²) in [6, 6.07) is 5.24. The van der Waals surface area contributed by atoms with Gasteiger partial charge in [-0.05, 0) is 35.8 Å². The Morgan fingerprint density at radius 1 is 1.30 bits per heavy atom. The van der Waals surface area contributed by atoms with Crippen molar-refractivity contribution >= 4 is 27.3 Å². The summed E-state index contributed by atoms with van der Waals surface area (Å²) >= 11 is 0. The van der Waals surface area contributed by atoms with Crippen LogP contribution >= 0.6 is 0 Å². The van der Waals surface area contributed by atoms with Gasteiger partial charge < -0.3 is 10.1 Å². The second kappa shape index (κ2) is 6.35. The molecule has 144 valence electrons. The van der Waals surface area contributed by atoms with Crippen LogP contribution in [-0.2, 0) is 21.1 Å². The molecule has 0 bridgehead atoms. The van der Waals surface area contributed by atoms with E-state index in [-0.39, 0.29) is 0 Å². The Labute approximate surface area is 157 Å². The number of ether oxygens (including phenoxy) is 1. The number of nitrogens with one attached hydrogen (secondary N) is 3. The largest absolute Gasteiger partial charge is 0.493 e. The Hall–Kier alpha value is -2.39. The number of imide groups is 1. The van der Waals surface area contributed by atoms with Crippen molar-refractivity contribution in [3.63, 3.8) is 0 Å². The van der Waals surface area contributed by atoms with E-state index in [1.165, 1.54) is 6.92 Å². The van der Waals surface area contributed by atoms with E-state index in [1.807, 2.05) is 18.2 Å². The number of hydrogen-bond acceptors (Lipinski definition) is 6. The van der Waals surface area contributed by atoms with Gasteiger partial charge in [0, 0.05) is 19.4 Å². The molecule has 3 aliphatic rings. The molecule has 3 N–H and O–H groups in total. The molecule has 9 heteroatoms. The van der Waals surface area contributed by atoms with Crippen LogP contribution < -0.4 is 20.7 Å². The maximum Gasteiger partial charge on any atom is 0.322 e. The van der Waals surface area contributed by atoms with E-state index < -0.39 is 38.4 Å². The van der Waals surface area contributed by atoms with Crippen LogP contribution in [0.4, 0.5) is 4.79 Å². The molecule has 0 saturated carbocycles. The van der Waals surface area contributed by atoms with Crippen LogP contribution in [0.1, 0.15) is 24.5 Å². The summed E-state index contributed by atoms with van der Waals surface area (Å²) < 4.78 is 31.4. The van der Waals surface area contributed by atoms with Gasteiger partial charge in [-0.15, -0.1) is 0 Å². The molecule has 27 heavy (non-hydrogen) atoms. The minimum Gasteiger partial charge on any atom is -0.493 e. The van der Waals surface area contributed by atoms with Crippen LogP contribution in [0.3, 0.4) is 0 Å². The number of urea groups is 1. The fourth-order valence-corrected chi connectivity index (χ4v) is 5.72. The van der Waals surface area contributed by atoms with Crippen molar-refractivity contribution in [3.05, 3.63) is 35.4 Å². The number of rotatable bonds is 4. The van der Waals surface area contributed by atoms with Gasteiger partial charge in [-0.3, -0.25) is 15.4 Å². The van der Waals surface area contributed by atoms with Gasteiger partial charge in [0.05, 0.1) is 12.4 Å². The molecule has 2 atom stereocenters. The van der Waals surface area contributed by atoms with Gasteiger partial charge in [-0.2, -0.15) is 0 Å². The maximum absolute atomic E-state index is 12.9. The third kappa shape index (κ3) is 3.32. The Balaban J connectivity index is 1.53. The third-order valence-corrected chi connectivity index (χ3v) is 7.38. The van der Waals surface area contributed by atoms with Crippen molar-refractivity contribution in [2.45, 2.75) is 30.7 Å². The molecule has 8 nitrogen and oxygen atoms in total. The second-order valence-electron chi connectivity index (χ2n) is 7.30. The summed E-state index contributed by atoms with van der Waals surface area (Å²) in [6.45, 7) is 2.51. The molecule has 4 rings (SSSR count). The number of benzene rings is 1. The molecule has 1 fully saturated rings. The lowest BCUT2D eigenvalue weighted by molar-refractivity contribution is -0.122. The fraction of sp³-hybridized carbons (Fsp3) is 0.444. The molecule has 3 heterocycles. The van der Waals surface area contributed by atoms with E-state index in [1.54, 1.807) is 0 Å². The van der Waals surface area contributed by atoms with Crippen molar-refractivity contribution in [1.82, 2.24) is 16.0 Å². The standard InChI is InChI=1S/C18H21N3O5S/c1-18(16(22)20-17(23)21-18)10-27(24,25)15-9-12(4-6-19-15)11-2-3-14-13(8-11)5-7-26-14/h2-4,8,15,19H,5-7,9-10H2,1H3,(H2,20,21,22,23)/t15?,18-/m1/s1. The van der Waals surface area contributed by atoms with Crippen LogP contribution in [0.2, 0.25) is 0 Å². The number of sulfone groups is 1. The molecule has 0 radical (unpaired) electrons. The number of amides is 3. The summed E-state index contributed by atoms with van der Waals surface area (Å²) in [5, 5.41) is 6.69. The molecule has 0 aromatic heterocycles. The van der Waals surface area contributed by atoms with Crippen LogP contribution in [0.25, 0.3) is 5.57 Å². The molecule has 0 aliphatic carbocycles. The van der Waals surface area contributed by atoms with Crippen molar-refractivity contribution in [1.29, 1.82) is 0 Å². The monoisotopic (exact) mass is 391 g/mol. The average molecular weight is 391 g/mol. The Morgan fingerprint density at radius 2 is 2.11 bits per heavy atom. The number of fused-ring (bicyclic) bond motifs is 1. The van der Waals surface area contributed by atoms with E-state index in [0.717, 1.165) is 28.9 Å². The predicted molar refractivity (Wildman–Crippen MR) is 98.9 cm³/mol. The lowest BCUT2D eigenvalue weighted by Crippen LogP contribution is -2.53. The van der Waals surface area contributed by atoms with Gasteiger partial charge in [0.15, 0.2) is 9.84 Å². The highest BCUT2D eigenvalue weighted by molar-refractivity contribution is 7.92. The first kappa shape index (κ1) is 18.0. The van der Waals surface area contributed by atoms with Crippen LogP contribution in [0.15, 0.2) is 24.3 Å². The summed E-state index contributed by atoms with van der Waals surface area (Å²) in [4.78, 5) is 23.3. The molecular formula is C18H21N3O5S. The molecule has 1 unspecified atom stereocenters. The quantitative estimate of drug-likeness (QED) is 0.638. The van der Waals surface area contributed by atoms with Crippen molar-refractivity contribution in [2.24, 2.45) is 0 Å². The SMILES string of the molecule is C[C@]1(CS(=O)(=O)C2CC(c3ccc4c(c3)CCO4)=CCN2)NC(=O)NC1=O. The third-order valence-electron chi connectivity index (χ3n) is 5.20. The molecule has 3 amide bonds. The maximum atomic E-state index is 12.9. The summed E-state index contributed by atoms with van der Waals surface area (Å²) in [5.74, 6) is -0.199. The summed E-state index contributed by atoms with van der Waals surface area (Å²) in [6.07, 6.45) is 3.13. The highest BCUT2D eigenvalue weighted by Gasteiger charge is 2.47. The van der Waals surface area contributed by atoms with Crippen molar-refractivity contribution in [2.75, 3.05) is 18.9 Å². The van der Waals surface area contributed by atoms with E-state index in [9.17, 15) is 18.0 Å². The average Bonchev–Trinajstić information content (AvgIpc) is 3.17. The van der Waals surface area contributed by atoms with Crippen LogP contribution in [0, 0.1) is 0 Å². The lowest BCUT2D eigenvalue weighted by atomic mass is 9.97. The number of carbonyl (C=O) groups excluding carboxylic acids is 2. The number of hydrogen-bond donors (Lipinski definition) is 3. The van der Waals surface area contributed by atoms with Gasteiger partial charge in [0.1, 0.15) is 16.7 Å². The van der Waals surface area contributed by atoms with E-state index in [2.05, 4.69) is 22.0 Å². The molecule has 0 spiro atoms. The first-order valence-electron chi connectivity index (χ1n) is 8.80. The minimum absolute atomic E-state index is 0.299. The predicted octanol–water partition coefficient (Wildman–Crippen LogP) is 0.337. The second-order valence-corrected chi connectivity index (χ2v) is 9.48. The molecule has 3 aliphatic heterocycles. The molecule has 1 aromatic rings. The normalized spacial score (nSPS) is 27.4. The van der Waals surface area contributed by atoms with Gasteiger partial charge in [0.2, 0.25) is 0 Å². The summed E-state index contributed by atoms with van der Waals surface area (Å²) in [7, 11) is -3.69. The van der Waals surface area contributed by atoms with E-state index in [4.69, 9.17) is 4.74 Å². The Morgan fingerprint density at radius 3 is 2.85 bits per heavy atom. The molecular weight excluding hydrogens is 370 g/mol. The lowest BCUT2D eigenvalue weighted by Gasteiger charge is -2.28. The summed E-state index contributed by atoms with van der Waals surface area (Å²) in [5.41, 5.74) is 1.61. The van der Waals surface area contributed by atoms with E-state index >= 15 is 0 Å². The zero-order valence-electron chi connectivity index (χ0n) is 14.9. The van der Waals surface area contributed by atoms with E-state index in [0.29, 0.717) is 19.6 Å². The smallest absolute Gasteiger partial charge is 0.322 e. The molecule has 1 aromatic carbocycles. The van der Waals surface area contributed by atoms with Gasteiger partial charge >= 0.3 is 6.03 Å². The topological polar surface area (TPSA) is 114 Å². The Bertz CT molecular complexity index is 956. The van der Waals surface area contributed by atoms with Gasteiger partial charge in [-0.1, -0.05) is 12.1 Å². The van der Waals surface area contributed by atoms with Crippen molar-refractivity contribution < 1.29 is 22.7 Å². The van der Waals surface area contributed by atoms with Gasteiger partial charge in [0.25, 0.3) is 5.91 Å². The highest BCUT2D eigenvalue weighted by atomic mass is 32.2. The van der Waals surface area contributed by atoms with Crippen LogP contribution in [0.5, 0.6) is 5.75 Å². The Kier molecular flexibility index (Phi) is 4.23. The zero-order chi connectivity index (χ0) is 19.2. The minimum atomic E-state index is -3.69. The fourth-order valence-electron chi connectivity index (χ4n) is 3.73. The first-order valence-corrected chi connectivity index (χ1v) is 10.5. The first-order chi connectivity index (χ1) is 12.8. The number of carbonyl (C=O) groups is 2. The van der Waals surface area contributed by atoms with Gasteiger partial charge in [-0.25, -0.2) is 13.2 Å². The zero-order valence-corrected chi connectivity index (χ0v) is 15.7. The highest BCUT2D eigenvalue weighted by Crippen LogP contribution is 2.32.